The van der Waals surface area contributed by atoms with Gasteiger partial charge in [-0.25, -0.2) is 4.68 Å². The van der Waals surface area contributed by atoms with Crippen molar-refractivity contribution in [3.63, 3.8) is 0 Å². The van der Waals surface area contributed by atoms with E-state index in [4.69, 9.17) is 19.9 Å². The molecule has 4 rings (SSSR count). The summed E-state index contributed by atoms with van der Waals surface area (Å²) < 4.78 is 57.8. The zero-order chi connectivity index (χ0) is 24.6. The second kappa shape index (κ2) is 9.05. The van der Waals surface area contributed by atoms with Crippen molar-refractivity contribution in [3.8, 4) is 11.5 Å². The Labute approximate surface area is 193 Å². The van der Waals surface area contributed by atoms with Gasteiger partial charge in [-0.1, -0.05) is 0 Å². The summed E-state index contributed by atoms with van der Waals surface area (Å²) >= 11 is 0. The van der Waals surface area contributed by atoms with Crippen molar-refractivity contribution in [2.45, 2.75) is 31.7 Å². The van der Waals surface area contributed by atoms with E-state index in [1.54, 1.807) is 19.1 Å². The summed E-state index contributed by atoms with van der Waals surface area (Å²) in [4.78, 5) is 12.8. The molecule has 2 aromatic carbocycles. The maximum absolute atomic E-state index is 13.3. The maximum atomic E-state index is 13.3. The van der Waals surface area contributed by atoms with Gasteiger partial charge in [-0.15, -0.1) is 0 Å². The molecule has 0 saturated carbocycles. The topological polar surface area (TPSA) is 101 Å². The Morgan fingerprint density at radius 1 is 1.21 bits per heavy atom. The van der Waals surface area contributed by atoms with Gasteiger partial charge in [-0.05, 0) is 42.8 Å². The lowest BCUT2D eigenvalue weighted by Crippen LogP contribution is -2.23. The van der Waals surface area contributed by atoms with Gasteiger partial charge in [0.1, 0.15) is 6.10 Å². The SMILES string of the molecule is COc1cc2c(=O)n(C)nc(NC(C)c3cc(N)cc(C(F)(F)F)c3)c2cc1O[C@H]1CCOC1. The number of ether oxygens (including phenoxy) is 3. The average Bonchev–Trinajstić information content (AvgIpc) is 3.29. The number of benzene rings is 2. The van der Waals surface area contributed by atoms with Crippen LogP contribution in [0.3, 0.4) is 0 Å². The summed E-state index contributed by atoms with van der Waals surface area (Å²) in [7, 11) is 2.97. The molecule has 1 unspecified atom stereocenters. The third kappa shape index (κ3) is 4.74. The van der Waals surface area contributed by atoms with Crippen molar-refractivity contribution in [3.05, 3.63) is 51.8 Å². The van der Waals surface area contributed by atoms with Gasteiger partial charge in [0.2, 0.25) is 0 Å². The molecule has 1 fully saturated rings. The first-order valence-corrected chi connectivity index (χ1v) is 10.6. The van der Waals surface area contributed by atoms with Crippen LogP contribution in [0, 0.1) is 0 Å². The highest BCUT2D eigenvalue weighted by Crippen LogP contribution is 2.37. The van der Waals surface area contributed by atoms with Crippen LogP contribution in [0.5, 0.6) is 11.5 Å². The molecule has 0 radical (unpaired) electrons. The molecule has 182 valence electrons. The molecular weight excluding hydrogens is 453 g/mol. The molecule has 2 atom stereocenters. The van der Waals surface area contributed by atoms with Crippen LogP contribution in [0.2, 0.25) is 0 Å². The van der Waals surface area contributed by atoms with Crippen molar-refractivity contribution >= 4 is 22.3 Å². The van der Waals surface area contributed by atoms with E-state index >= 15 is 0 Å². The molecule has 0 spiro atoms. The Balaban J connectivity index is 1.76. The maximum Gasteiger partial charge on any atom is 0.416 e. The second-order valence-electron chi connectivity index (χ2n) is 8.18. The quantitative estimate of drug-likeness (QED) is 0.519. The highest BCUT2D eigenvalue weighted by molar-refractivity contribution is 5.93. The number of aromatic nitrogens is 2. The zero-order valence-corrected chi connectivity index (χ0v) is 18.9. The number of anilines is 2. The van der Waals surface area contributed by atoms with E-state index in [0.717, 1.165) is 23.2 Å². The Morgan fingerprint density at radius 3 is 2.59 bits per heavy atom. The summed E-state index contributed by atoms with van der Waals surface area (Å²) in [5, 5.41) is 8.20. The number of halogens is 3. The second-order valence-corrected chi connectivity index (χ2v) is 8.18. The number of hydrogen-bond acceptors (Lipinski definition) is 7. The van der Waals surface area contributed by atoms with Crippen molar-refractivity contribution in [1.29, 1.82) is 0 Å². The molecule has 2 heterocycles. The smallest absolute Gasteiger partial charge is 0.416 e. The molecule has 3 N–H and O–H groups in total. The van der Waals surface area contributed by atoms with Crippen LogP contribution in [0.4, 0.5) is 24.7 Å². The van der Waals surface area contributed by atoms with Gasteiger partial charge in [0.15, 0.2) is 17.3 Å². The lowest BCUT2D eigenvalue weighted by atomic mass is 10.0. The lowest BCUT2D eigenvalue weighted by molar-refractivity contribution is -0.137. The summed E-state index contributed by atoms with van der Waals surface area (Å²) in [6, 6.07) is 6.01. The van der Waals surface area contributed by atoms with Gasteiger partial charge in [0.05, 0.1) is 37.3 Å². The number of alkyl halides is 3. The number of fused-ring (bicyclic) bond motifs is 1. The molecule has 0 aliphatic carbocycles. The third-order valence-corrected chi connectivity index (χ3v) is 5.67. The monoisotopic (exact) mass is 478 g/mol. The molecule has 8 nitrogen and oxygen atoms in total. The van der Waals surface area contributed by atoms with Crippen LogP contribution in [-0.4, -0.2) is 36.2 Å². The first-order chi connectivity index (χ1) is 16.1. The number of nitrogen functional groups attached to an aromatic ring is 1. The molecule has 1 aliphatic heterocycles. The first kappa shape index (κ1) is 23.7. The van der Waals surface area contributed by atoms with Crippen LogP contribution in [0.1, 0.15) is 30.5 Å². The largest absolute Gasteiger partial charge is 0.493 e. The van der Waals surface area contributed by atoms with E-state index in [9.17, 15) is 18.0 Å². The van der Waals surface area contributed by atoms with Crippen LogP contribution in [0.25, 0.3) is 10.8 Å². The summed E-state index contributed by atoms with van der Waals surface area (Å²) in [6.07, 6.45) is -3.97. The number of nitrogens with zero attached hydrogens (tertiary/aromatic N) is 2. The van der Waals surface area contributed by atoms with Gasteiger partial charge in [-0.2, -0.15) is 18.3 Å². The molecule has 34 heavy (non-hydrogen) atoms. The van der Waals surface area contributed by atoms with Gasteiger partial charge in [0, 0.05) is 24.5 Å². The normalized spacial score (nSPS) is 17.1. The van der Waals surface area contributed by atoms with Crippen molar-refractivity contribution in [2.24, 2.45) is 7.05 Å². The van der Waals surface area contributed by atoms with Gasteiger partial charge >= 0.3 is 6.18 Å². The van der Waals surface area contributed by atoms with Gasteiger partial charge in [0.25, 0.3) is 5.56 Å². The van der Waals surface area contributed by atoms with Crippen LogP contribution in [0.15, 0.2) is 35.1 Å². The van der Waals surface area contributed by atoms with Crippen LogP contribution >= 0.6 is 0 Å². The van der Waals surface area contributed by atoms with E-state index in [1.807, 2.05) is 0 Å². The fourth-order valence-corrected chi connectivity index (χ4v) is 3.88. The molecule has 1 aromatic heterocycles. The Hall–Kier alpha value is -3.47. The van der Waals surface area contributed by atoms with E-state index in [2.05, 4.69) is 10.4 Å². The highest BCUT2D eigenvalue weighted by Gasteiger charge is 2.31. The molecule has 0 bridgehead atoms. The van der Waals surface area contributed by atoms with Gasteiger partial charge < -0.3 is 25.3 Å². The summed E-state index contributed by atoms with van der Waals surface area (Å²) in [6.45, 7) is 2.71. The summed E-state index contributed by atoms with van der Waals surface area (Å²) in [5.74, 6) is 1.10. The number of rotatable bonds is 6. The van der Waals surface area contributed by atoms with Crippen molar-refractivity contribution < 1.29 is 27.4 Å². The average molecular weight is 478 g/mol. The minimum Gasteiger partial charge on any atom is -0.493 e. The van der Waals surface area contributed by atoms with E-state index in [-0.39, 0.29) is 17.4 Å². The zero-order valence-electron chi connectivity index (χ0n) is 18.9. The number of nitrogens with one attached hydrogen (secondary N) is 1. The van der Waals surface area contributed by atoms with Crippen LogP contribution < -0.4 is 26.1 Å². The fraction of sp³-hybridized carbons (Fsp3) is 0.391. The molecule has 3 aromatic rings. The highest BCUT2D eigenvalue weighted by atomic mass is 19.4. The minimum atomic E-state index is -4.53. The summed E-state index contributed by atoms with van der Waals surface area (Å²) in [5.41, 5.74) is 4.85. The standard InChI is InChI=1S/C23H25F3N4O4/c1-12(13-6-14(23(24,25)26)8-15(27)7-13)28-21-17-9-20(34-16-4-5-33-11-16)19(32-3)10-18(17)22(31)30(2)29-21/h6-10,12,16H,4-5,11,27H2,1-3H3,(H,28,29)/t12?,16-/m0/s1. The number of nitrogens with two attached hydrogens (primary N) is 1. The van der Waals surface area contributed by atoms with Gasteiger partial charge in [-0.3, -0.25) is 4.79 Å². The fourth-order valence-electron chi connectivity index (χ4n) is 3.88. The third-order valence-electron chi connectivity index (χ3n) is 5.67. The first-order valence-electron chi connectivity index (χ1n) is 10.6. The predicted molar refractivity (Wildman–Crippen MR) is 121 cm³/mol. The van der Waals surface area contributed by atoms with Crippen molar-refractivity contribution in [2.75, 3.05) is 31.4 Å². The van der Waals surface area contributed by atoms with E-state index in [0.29, 0.717) is 46.9 Å². The minimum absolute atomic E-state index is 0.00374. The molecular formula is C23H25F3N4O4. The Morgan fingerprint density at radius 2 is 1.94 bits per heavy atom. The Bertz CT molecular complexity index is 1270. The molecule has 1 saturated heterocycles. The van der Waals surface area contributed by atoms with Crippen molar-refractivity contribution in [1.82, 2.24) is 9.78 Å². The number of aryl methyl sites for hydroxylation is 1. The van der Waals surface area contributed by atoms with E-state index in [1.165, 1.54) is 20.2 Å². The Kier molecular flexibility index (Phi) is 6.30. The van der Waals surface area contributed by atoms with Crippen LogP contribution in [-0.2, 0) is 18.0 Å². The lowest BCUT2D eigenvalue weighted by Gasteiger charge is -2.20. The number of methoxy groups -OCH3 is 1. The molecule has 11 heteroatoms. The molecule has 0 amide bonds. The molecule has 1 aliphatic rings. The predicted octanol–water partition coefficient (Wildman–Crippen LogP) is 3.88. The van der Waals surface area contributed by atoms with E-state index < -0.39 is 17.8 Å². The number of hydrogen-bond donors (Lipinski definition) is 2.